The van der Waals surface area contributed by atoms with Gasteiger partial charge in [-0.25, -0.2) is 0 Å². The van der Waals surface area contributed by atoms with E-state index >= 15 is 0 Å². The maximum atomic E-state index is 5.58. The summed E-state index contributed by atoms with van der Waals surface area (Å²) in [5.74, 6) is 0. The first-order valence-corrected chi connectivity index (χ1v) is 2.74. The molecule has 0 fully saturated rings. The van der Waals surface area contributed by atoms with Crippen LogP contribution in [0.2, 0.25) is 5.02 Å². The minimum absolute atomic E-state index is 0. The van der Waals surface area contributed by atoms with Gasteiger partial charge in [-0.15, -0.1) is 0 Å². The fraction of sp³-hybridized carbons (Fsp3) is 0. The first-order valence-electron chi connectivity index (χ1n) is 2.36. The largest absolute Gasteiger partial charge is 1.00 e. The van der Waals surface area contributed by atoms with Crippen LogP contribution in [0.25, 0.3) is 0 Å². The SMILES string of the molecule is [CH2-]c1ccc(Cl)cc1.[K+]. The second-order valence-electron chi connectivity index (χ2n) is 1.63. The zero-order valence-electron chi connectivity index (χ0n) is 5.39. The van der Waals surface area contributed by atoms with Gasteiger partial charge in [0.25, 0.3) is 0 Å². The van der Waals surface area contributed by atoms with Crippen molar-refractivity contribution in [1.29, 1.82) is 0 Å². The summed E-state index contributed by atoms with van der Waals surface area (Å²) in [4.78, 5) is 0. The molecule has 2 heteroatoms. The molecule has 1 aromatic carbocycles. The molecular weight excluding hydrogens is 159 g/mol. The van der Waals surface area contributed by atoms with E-state index in [-0.39, 0.29) is 51.4 Å². The van der Waals surface area contributed by atoms with Crippen LogP contribution in [0.15, 0.2) is 24.3 Å². The molecule has 0 N–H and O–H groups in total. The van der Waals surface area contributed by atoms with Crippen LogP contribution in [0, 0.1) is 6.92 Å². The van der Waals surface area contributed by atoms with Gasteiger partial charge in [-0.2, -0.15) is 24.6 Å². The minimum Gasteiger partial charge on any atom is -0.199 e. The molecule has 0 atom stereocenters. The van der Waals surface area contributed by atoms with Crippen molar-refractivity contribution in [3.05, 3.63) is 41.8 Å². The molecule has 1 rings (SSSR count). The maximum absolute atomic E-state index is 5.58. The second kappa shape index (κ2) is 4.77. The van der Waals surface area contributed by atoms with Gasteiger partial charge in [-0.05, 0) is 0 Å². The summed E-state index contributed by atoms with van der Waals surface area (Å²) >= 11 is 5.58. The Labute approximate surface area is 103 Å². The summed E-state index contributed by atoms with van der Waals surface area (Å²) in [6.07, 6.45) is 0. The van der Waals surface area contributed by atoms with Gasteiger partial charge in [-0.3, -0.25) is 0 Å². The van der Waals surface area contributed by atoms with Gasteiger partial charge >= 0.3 is 51.4 Å². The Bertz CT molecular complexity index is 148. The minimum atomic E-state index is 0. The third kappa shape index (κ3) is 3.66. The van der Waals surface area contributed by atoms with Crippen molar-refractivity contribution in [3.8, 4) is 0 Å². The van der Waals surface area contributed by atoms with Gasteiger partial charge in [-0.1, -0.05) is 23.7 Å². The van der Waals surface area contributed by atoms with E-state index < -0.39 is 0 Å². The third-order valence-corrected chi connectivity index (χ3v) is 1.17. The Morgan fingerprint density at radius 1 is 1.11 bits per heavy atom. The van der Waals surface area contributed by atoms with Crippen LogP contribution in [0.1, 0.15) is 5.56 Å². The molecule has 1 aromatic rings. The van der Waals surface area contributed by atoms with E-state index in [1.54, 1.807) is 0 Å². The van der Waals surface area contributed by atoms with E-state index in [1.807, 2.05) is 24.3 Å². The molecule has 0 saturated carbocycles. The molecule has 0 nitrogen and oxygen atoms in total. The monoisotopic (exact) mass is 164 g/mol. The van der Waals surface area contributed by atoms with Gasteiger partial charge in [0, 0.05) is 5.02 Å². The number of rotatable bonds is 0. The van der Waals surface area contributed by atoms with E-state index in [4.69, 9.17) is 11.6 Å². The number of benzene rings is 1. The van der Waals surface area contributed by atoms with Gasteiger partial charge in [0.1, 0.15) is 0 Å². The van der Waals surface area contributed by atoms with Crippen LogP contribution in [0.3, 0.4) is 0 Å². The van der Waals surface area contributed by atoms with Gasteiger partial charge in [0.05, 0.1) is 0 Å². The molecule has 0 spiro atoms. The fourth-order valence-electron chi connectivity index (χ4n) is 0.484. The first-order chi connectivity index (χ1) is 3.79. The van der Waals surface area contributed by atoms with Crippen LogP contribution in [-0.4, -0.2) is 0 Å². The fourth-order valence-corrected chi connectivity index (χ4v) is 0.610. The van der Waals surface area contributed by atoms with Gasteiger partial charge < -0.3 is 0 Å². The predicted octanol–water partition coefficient (Wildman–Crippen LogP) is -0.474. The van der Waals surface area contributed by atoms with Crippen molar-refractivity contribution in [2.75, 3.05) is 0 Å². The van der Waals surface area contributed by atoms with Crippen LogP contribution in [-0.2, 0) is 0 Å². The van der Waals surface area contributed by atoms with Crippen LogP contribution < -0.4 is 51.4 Å². The molecule has 0 unspecified atom stereocenters. The van der Waals surface area contributed by atoms with Crippen LogP contribution in [0.5, 0.6) is 0 Å². The van der Waals surface area contributed by atoms with E-state index in [0.29, 0.717) is 0 Å². The van der Waals surface area contributed by atoms with Gasteiger partial charge in [0.15, 0.2) is 0 Å². The summed E-state index contributed by atoms with van der Waals surface area (Å²) in [6, 6.07) is 7.40. The predicted molar refractivity (Wildman–Crippen MR) is 35.9 cm³/mol. The zero-order valence-corrected chi connectivity index (χ0v) is 9.27. The molecule has 0 bridgehead atoms. The molecule has 0 radical (unpaired) electrons. The maximum Gasteiger partial charge on any atom is 1.00 e. The Balaban J connectivity index is 0.000000640. The Hall–Kier alpha value is 1.02. The average Bonchev–Trinajstić information content (AvgIpc) is 1.77. The molecular formula is C7H6ClK. The molecule has 0 saturated heterocycles. The van der Waals surface area contributed by atoms with Crippen molar-refractivity contribution in [2.45, 2.75) is 0 Å². The molecule has 0 heterocycles. The van der Waals surface area contributed by atoms with Crippen molar-refractivity contribution < 1.29 is 51.4 Å². The Morgan fingerprint density at radius 3 is 1.89 bits per heavy atom. The van der Waals surface area contributed by atoms with E-state index in [9.17, 15) is 0 Å². The molecule has 0 aliphatic carbocycles. The van der Waals surface area contributed by atoms with Crippen LogP contribution >= 0.6 is 11.6 Å². The van der Waals surface area contributed by atoms with Crippen molar-refractivity contribution in [3.63, 3.8) is 0 Å². The molecule has 0 aliphatic heterocycles. The molecule has 0 aromatic heterocycles. The smallest absolute Gasteiger partial charge is 0.199 e. The summed E-state index contributed by atoms with van der Waals surface area (Å²) in [5.41, 5.74) is 0.995. The van der Waals surface area contributed by atoms with Crippen molar-refractivity contribution in [1.82, 2.24) is 0 Å². The average molecular weight is 165 g/mol. The summed E-state index contributed by atoms with van der Waals surface area (Å²) < 4.78 is 0. The second-order valence-corrected chi connectivity index (χ2v) is 2.06. The Morgan fingerprint density at radius 2 is 1.56 bits per heavy atom. The molecule has 42 valence electrons. The third-order valence-electron chi connectivity index (χ3n) is 0.913. The molecule has 0 aliphatic rings. The molecule has 9 heavy (non-hydrogen) atoms. The number of hydrogen-bond donors (Lipinski definition) is 0. The van der Waals surface area contributed by atoms with Gasteiger partial charge in [0.2, 0.25) is 0 Å². The Kier molecular flexibility index (Phi) is 5.31. The number of halogens is 1. The first kappa shape index (κ1) is 10.0. The normalized spacial score (nSPS) is 8.11. The summed E-state index contributed by atoms with van der Waals surface area (Å²) in [6.45, 7) is 3.70. The quantitative estimate of drug-likeness (QED) is 0.359. The topological polar surface area (TPSA) is 0 Å². The van der Waals surface area contributed by atoms with Crippen molar-refractivity contribution >= 4 is 11.6 Å². The van der Waals surface area contributed by atoms with Crippen LogP contribution in [0.4, 0.5) is 0 Å². The number of hydrogen-bond acceptors (Lipinski definition) is 0. The zero-order chi connectivity index (χ0) is 5.98. The summed E-state index contributed by atoms with van der Waals surface area (Å²) in [7, 11) is 0. The van der Waals surface area contributed by atoms with E-state index in [0.717, 1.165) is 10.6 Å². The standard InChI is InChI=1S/C7H6Cl.K/c1-6-2-4-7(8)5-3-6;/h2-5H,1H2;/q-1;+1. The van der Waals surface area contributed by atoms with Crippen molar-refractivity contribution in [2.24, 2.45) is 0 Å². The van der Waals surface area contributed by atoms with E-state index in [1.165, 1.54) is 0 Å². The van der Waals surface area contributed by atoms with E-state index in [2.05, 4.69) is 6.92 Å². The molecule has 0 amide bonds. The summed E-state index contributed by atoms with van der Waals surface area (Å²) in [5, 5.41) is 0.761.